The zero-order chi connectivity index (χ0) is 25.4. The average molecular weight is 483 g/mol. The summed E-state index contributed by atoms with van der Waals surface area (Å²) in [5.74, 6) is -1.91. The van der Waals surface area contributed by atoms with E-state index in [1.807, 2.05) is 30.6 Å². The molecule has 0 spiro atoms. The summed E-state index contributed by atoms with van der Waals surface area (Å²) in [6.45, 7) is 2.98. The van der Waals surface area contributed by atoms with E-state index in [4.69, 9.17) is 19.6 Å². The van der Waals surface area contributed by atoms with Crippen LogP contribution in [0.4, 0.5) is 13.2 Å². The predicted octanol–water partition coefficient (Wildman–Crippen LogP) is 6.47. The van der Waals surface area contributed by atoms with E-state index in [1.165, 1.54) is 22.4 Å². The molecule has 0 saturated carbocycles. The molecular formula is C27H25F3N2O3. The van der Waals surface area contributed by atoms with E-state index in [-0.39, 0.29) is 0 Å². The molecule has 0 atom stereocenters. The van der Waals surface area contributed by atoms with Crippen LogP contribution >= 0.6 is 0 Å². The summed E-state index contributed by atoms with van der Waals surface area (Å²) in [5, 5.41) is 7.12. The molecule has 0 fully saturated rings. The van der Waals surface area contributed by atoms with E-state index >= 15 is 0 Å². The number of aromatic nitrogens is 2. The molecule has 1 N–H and O–H groups in total. The van der Waals surface area contributed by atoms with Crippen molar-refractivity contribution in [2.45, 2.75) is 26.1 Å². The molecule has 35 heavy (non-hydrogen) atoms. The summed E-state index contributed by atoms with van der Waals surface area (Å²) >= 11 is 0. The lowest BCUT2D eigenvalue weighted by Gasteiger charge is -2.11. The van der Waals surface area contributed by atoms with Crippen molar-refractivity contribution in [1.82, 2.24) is 9.55 Å². The van der Waals surface area contributed by atoms with Crippen LogP contribution in [0.1, 0.15) is 18.2 Å². The Bertz CT molecular complexity index is 1270. The van der Waals surface area contributed by atoms with Crippen LogP contribution in [0.25, 0.3) is 22.4 Å². The predicted molar refractivity (Wildman–Crippen MR) is 128 cm³/mol. The van der Waals surface area contributed by atoms with Crippen molar-refractivity contribution in [2.75, 3.05) is 7.11 Å². The summed E-state index contributed by atoms with van der Waals surface area (Å²) in [4.78, 5) is 13.6. The standard InChI is InChI=1S/C25H24N2O.C2HF3O2/c1-3-24-25(22-13-8-14-23(16-22)28-2)26-18-27(24)17-19-9-7-12-21(15-19)20-10-5-4-6-11-20;3-2(4,5)1(6)7/h4-16,18H,3,17H2,1-2H3;(H,6,7). The summed E-state index contributed by atoms with van der Waals surface area (Å²) in [6, 6.07) is 27.3. The van der Waals surface area contributed by atoms with Crippen molar-refractivity contribution in [3.05, 3.63) is 96.4 Å². The number of ether oxygens (including phenoxy) is 1. The van der Waals surface area contributed by atoms with Gasteiger partial charge in [-0.1, -0.05) is 67.6 Å². The minimum Gasteiger partial charge on any atom is -0.497 e. The van der Waals surface area contributed by atoms with Crippen molar-refractivity contribution < 1.29 is 27.8 Å². The Labute approximate surface area is 201 Å². The topological polar surface area (TPSA) is 64.4 Å². The zero-order valence-corrected chi connectivity index (χ0v) is 19.3. The van der Waals surface area contributed by atoms with Gasteiger partial charge in [0.25, 0.3) is 0 Å². The van der Waals surface area contributed by atoms with Crippen LogP contribution in [0.3, 0.4) is 0 Å². The minimum atomic E-state index is -5.08. The van der Waals surface area contributed by atoms with Gasteiger partial charge in [-0.2, -0.15) is 13.2 Å². The first-order valence-corrected chi connectivity index (χ1v) is 10.9. The third kappa shape index (κ3) is 6.72. The number of benzene rings is 3. The molecule has 0 bridgehead atoms. The largest absolute Gasteiger partial charge is 0.497 e. The van der Waals surface area contributed by atoms with E-state index < -0.39 is 12.1 Å². The lowest BCUT2D eigenvalue weighted by atomic mass is 10.0. The Morgan fingerprint density at radius 3 is 2.20 bits per heavy atom. The van der Waals surface area contributed by atoms with Gasteiger partial charge in [0.1, 0.15) is 5.75 Å². The molecule has 0 amide bonds. The molecule has 0 radical (unpaired) electrons. The molecule has 0 aliphatic carbocycles. The number of carboxylic acids is 1. The first-order valence-electron chi connectivity index (χ1n) is 10.9. The number of imidazole rings is 1. The van der Waals surface area contributed by atoms with Gasteiger partial charge in [-0.3, -0.25) is 0 Å². The zero-order valence-electron chi connectivity index (χ0n) is 19.3. The quantitative estimate of drug-likeness (QED) is 0.342. The van der Waals surface area contributed by atoms with Gasteiger partial charge in [0.15, 0.2) is 0 Å². The fraction of sp³-hybridized carbons (Fsp3) is 0.185. The summed E-state index contributed by atoms with van der Waals surface area (Å²) in [5.41, 5.74) is 7.10. The lowest BCUT2D eigenvalue weighted by molar-refractivity contribution is -0.192. The number of hydrogen-bond donors (Lipinski definition) is 1. The van der Waals surface area contributed by atoms with Crippen LogP contribution in [0, 0.1) is 0 Å². The second kappa shape index (κ2) is 11.4. The normalized spacial score (nSPS) is 10.9. The van der Waals surface area contributed by atoms with Crippen molar-refractivity contribution in [3.63, 3.8) is 0 Å². The van der Waals surface area contributed by atoms with E-state index in [2.05, 4.69) is 66.1 Å². The third-order valence-corrected chi connectivity index (χ3v) is 5.25. The van der Waals surface area contributed by atoms with Gasteiger partial charge in [0.05, 0.1) is 19.1 Å². The third-order valence-electron chi connectivity index (χ3n) is 5.25. The maximum atomic E-state index is 10.6. The summed E-state index contributed by atoms with van der Waals surface area (Å²) in [7, 11) is 1.69. The molecule has 4 aromatic rings. The molecule has 3 aromatic carbocycles. The SMILES string of the molecule is CCc1c(-c2cccc(OC)c2)ncn1Cc1cccc(-c2ccccc2)c1.O=C(O)C(F)(F)F. The molecule has 0 aliphatic rings. The van der Waals surface area contributed by atoms with Gasteiger partial charge in [-0.05, 0) is 41.3 Å². The highest BCUT2D eigenvalue weighted by Crippen LogP contribution is 2.27. The van der Waals surface area contributed by atoms with E-state index in [0.717, 1.165) is 30.0 Å². The Balaban J connectivity index is 0.000000429. The molecule has 1 aromatic heterocycles. The fourth-order valence-electron chi connectivity index (χ4n) is 3.60. The first kappa shape index (κ1) is 25.6. The maximum absolute atomic E-state index is 10.6. The second-order valence-corrected chi connectivity index (χ2v) is 7.62. The Hall–Kier alpha value is -4.07. The molecule has 8 heteroatoms. The molecular weight excluding hydrogens is 457 g/mol. The second-order valence-electron chi connectivity index (χ2n) is 7.62. The summed E-state index contributed by atoms with van der Waals surface area (Å²) < 4.78 is 39.4. The Morgan fingerprint density at radius 1 is 0.943 bits per heavy atom. The summed E-state index contributed by atoms with van der Waals surface area (Å²) in [6.07, 6.45) is -2.21. The van der Waals surface area contributed by atoms with Crippen molar-refractivity contribution >= 4 is 5.97 Å². The molecule has 182 valence electrons. The lowest BCUT2D eigenvalue weighted by Crippen LogP contribution is -2.21. The number of alkyl halides is 3. The Kier molecular flexibility index (Phi) is 8.30. The Morgan fingerprint density at radius 2 is 1.57 bits per heavy atom. The maximum Gasteiger partial charge on any atom is 0.490 e. The fourth-order valence-corrected chi connectivity index (χ4v) is 3.60. The molecule has 4 rings (SSSR count). The minimum absolute atomic E-state index is 0.806. The molecule has 1 heterocycles. The van der Waals surface area contributed by atoms with Crippen LogP contribution < -0.4 is 4.74 Å². The number of rotatable bonds is 6. The van der Waals surface area contributed by atoms with Crippen LogP contribution in [-0.2, 0) is 17.8 Å². The highest BCUT2D eigenvalue weighted by Gasteiger charge is 2.38. The van der Waals surface area contributed by atoms with Gasteiger partial charge >= 0.3 is 12.1 Å². The molecule has 0 saturated heterocycles. The van der Waals surface area contributed by atoms with Gasteiger partial charge in [0, 0.05) is 17.8 Å². The van der Waals surface area contributed by atoms with Gasteiger partial charge < -0.3 is 14.4 Å². The number of halogens is 3. The van der Waals surface area contributed by atoms with Crippen LogP contribution in [0.2, 0.25) is 0 Å². The average Bonchev–Trinajstić information content (AvgIpc) is 3.27. The first-order chi connectivity index (χ1) is 16.7. The molecule has 0 aliphatic heterocycles. The highest BCUT2D eigenvalue weighted by molar-refractivity contribution is 5.73. The van der Waals surface area contributed by atoms with Crippen LogP contribution in [0.15, 0.2) is 85.2 Å². The number of carboxylic acid groups (broad SMARTS) is 1. The number of nitrogens with zero attached hydrogens (tertiary/aromatic N) is 2. The number of methoxy groups -OCH3 is 1. The smallest absolute Gasteiger partial charge is 0.490 e. The number of carbonyl (C=O) groups is 1. The van der Waals surface area contributed by atoms with Crippen molar-refractivity contribution in [2.24, 2.45) is 0 Å². The number of aliphatic carboxylic acids is 1. The van der Waals surface area contributed by atoms with Gasteiger partial charge in [-0.15, -0.1) is 0 Å². The number of hydrogen-bond acceptors (Lipinski definition) is 3. The van der Waals surface area contributed by atoms with Gasteiger partial charge in [-0.25, -0.2) is 9.78 Å². The van der Waals surface area contributed by atoms with Crippen molar-refractivity contribution in [1.29, 1.82) is 0 Å². The van der Waals surface area contributed by atoms with E-state index in [9.17, 15) is 13.2 Å². The van der Waals surface area contributed by atoms with Crippen molar-refractivity contribution in [3.8, 4) is 28.1 Å². The van der Waals surface area contributed by atoms with Crippen LogP contribution in [0.5, 0.6) is 5.75 Å². The monoisotopic (exact) mass is 482 g/mol. The van der Waals surface area contributed by atoms with Crippen LogP contribution in [-0.4, -0.2) is 33.9 Å². The molecule has 0 unspecified atom stereocenters. The highest BCUT2D eigenvalue weighted by atomic mass is 19.4. The van der Waals surface area contributed by atoms with E-state index in [1.54, 1.807) is 7.11 Å². The molecule has 5 nitrogen and oxygen atoms in total. The van der Waals surface area contributed by atoms with E-state index in [0.29, 0.717) is 0 Å². The van der Waals surface area contributed by atoms with Gasteiger partial charge in [0.2, 0.25) is 0 Å².